The van der Waals surface area contributed by atoms with Crippen LogP contribution in [0, 0.1) is 5.82 Å². The molecule has 1 heterocycles. The minimum absolute atomic E-state index is 0.299. The van der Waals surface area contributed by atoms with Crippen molar-refractivity contribution < 1.29 is 9.18 Å². The molecule has 2 N–H and O–H groups in total. The Bertz CT molecular complexity index is 542. The topological polar surface area (TPSA) is 56.0 Å². The summed E-state index contributed by atoms with van der Waals surface area (Å²) in [5.74, 6) is -0.299. The second-order valence-electron chi connectivity index (χ2n) is 3.30. The molecule has 3 nitrogen and oxygen atoms in total. The number of benzene rings is 1. The molecule has 0 aliphatic carbocycles. The van der Waals surface area contributed by atoms with E-state index in [1.54, 1.807) is 30.6 Å². The molecule has 2 rings (SSSR count). The average Bonchev–Trinajstić information content (AvgIpc) is 2.30. The summed E-state index contributed by atoms with van der Waals surface area (Å²) in [4.78, 5) is 15.5. The molecule has 17 heavy (non-hydrogen) atoms. The molecular weight excluding hydrogens is 239 g/mol. The average molecular weight is 248 g/mol. The molecule has 0 bridgehead atoms. The number of nitrogens with zero attached hydrogens (tertiary/aromatic N) is 1. The third-order valence-electron chi connectivity index (χ3n) is 2.15. The molecule has 5 heteroatoms. The molecule has 0 saturated carbocycles. The lowest BCUT2D eigenvalue weighted by Gasteiger charge is -2.06. The number of pyridine rings is 1. The first kappa shape index (κ1) is 11.6. The Hall–Kier alpha value is -1.88. The lowest BCUT2D eigenvalue weighted by molar-refractivity contribution is 0.267. The van der Waals surface area contributed by atoms with Crippen LogP contribution in [0.4, 0.5) is 9.18 Å². The maximum Gasteiger partial charge on any atom is 0.281 e. The van der Waals surface area contributed by atoms with Crippen LogP contribution in [0.2, 0.25) is 0 Å². The fourth-order valence-electron chi connectivity index (χ4n) is 1.44. The van der Waals surface area contributed by atoms with E-state index in [4.69, 9.17) is 5.73 Å². The summed E-state index contributed by atoms with van der Waals surface area (Å²) >= 11 is 0.907. The predicted octanol–water partition coefficient (Wildman–Crippen LogP) is 3.06. The monoisotopic (exact) mass is 248 g/mol. The maximum atomic E-state index is 12.8. The van der Waals surface area contributed by atoms with Gasteiger partial charge in [-0.25, -0.2) is 4.39 Å². The van der Waals surface area contributed by atoms with Crippen molar-refractivity contribution in [3.8, 4) is 11.1 Å². The van der Waals surface area contributed by atoms with Crippen LogP contribution in [0.5, 0.6) is 0 Å². The summed E-state index contributed by atoms with van der Waals surface area (Å²) in [6.07, 6.45) is 3.18. The Morgan fingerprint density at radius 2 is 1.94 bits per heavy atom. The van der Waals surface area contributed by atoms with Crippen LogP contribution in [0.3, 0.4) is 0 Å². The summed E-state index contributed by atoms with van der Waals surface area (Å²) in [5.41, 5.74) is 6.76. The van der Waals surface area contributed by atoms with E-state index < -0.39 is 5.24 Å². The minimum Gasteiger partial charge on any atom is -0.360 e. The van der Waals surface area contributed by atoms with Gasteiger partial charge in [0.25, 0.3) is 5.24 Å². The first-order valence-electron chi connectivity index (χ1n) is 4.84. The summed E-state index contributed by atoms with van der Waals surface area (Å²) in [7, 11) is 0. The van der Waals surface area contributed by atoms with E-state index in [9.17, 15) is 9.18 Å². The normalized spacial score (nSPS) is 10.2. The Labute approximate surface area is 102 Å². The third-order valence-corrected chi connectivity index (χ3v) is 2.90. The van der Waals surface area contributed by atoms with Gasteiger partial charge in [0.1, 0.15) is 5.82 Å². The molecule has 1 aromatic carbocycles. The molecule has 0 unspecified atom stereocenters. The van der Waals surface area contributed by atoms with Gasteiger partial charge in [0.05, 0.1) is 0 Å². The lowest BCUT2D eigenvalue weighted by Crippen LogP contribution is -2.02. The van der Waals surface area contributed by atoms with Crippen LogP contribution in [0.25, 0.3) is 11.1 Å². The van der Waals surface area contributed by atoms with Gasteiger partial charge in [-0.05, 0) is 41.1 Å². The number of halogens is 1. The largest absolute Gasteiger partial charge is 0.360 e. The number of amides is 1. The van der Waals surface area contributed by atoms with Crippen molar-refractivity contribution >= 4 is 17.0 Å². The zero-order valence-electron chi connectivity index (χ0n) is 8.76. The molecule has 86 valence electrons. The second-order valence-corrected chi connectivity index (χ2v) is 4.35. The number of rotatable bonds is 2. The number of carbonyl (C=O) groups excluding carboxylic acids is 1. The van der Waals surface area contributed by atoms with E-state index in [2.05, 4.69) is 4.98 Å². The lowest BCUT2D eigenvalue weighted by atomic mass is 10.1. The summed E-state index contributed by atoms with van der Waals surface area (Å²) in [6.45, 7) is 0. The van der Waals surface area contributed by atoms with Crippen molar-refractivity contribution in [2.45, 2.75) is 4.90 Å². The molecule has 0 atom stereocenters. The maximum absolute atomic E-state index is 12.8. The highest BCUT2D eigenvalue weighted by molar-refractivity contribution is 8.13. The van der Waals surface area contributed by atoms with Crippen LogP contribution >= 0.6 is 11.8 Å². The van der Waals surface area contributed by atoms with Crippen LogP contribution in [0.1, 0.15) is 0 Å². The third kappa shape index (κ3) is 2.82. The number of aromatic nitrogens is 1. The molecule has 0 radical (unpaired) electrons. The van der Waals surface area contributed by atoms with Gasteiger partial charge in [0, 0.05) is 17.3 Å². The number of hydrogen-bond acceptors (Lipinski definition) is 3. The van der Waals surface area contributed by atoms with Crippen molar-refractivity contribution in [3.63, 3.8) is 0 Å². The highest BCUT2D eigenvalue weighted by atomic mass is 32.2. The van der Waals surface area contributed by atoms with Crippen molar-refractivity contribution in [2.75, 3.05) is 0 Å². The molecule has 0 fully saturated rings. The SMILES string of the molecule is NC(=O)Sc1cnccc1-c1ccc(F)cc1. The summed E-state index contributed by atoms with van der Waals surface area (Å²) in [5, 5.41) is -0.499. The van der Waals surface area contributed by atoms with Gasteiger partial charge in [-0.3, -0.25) is 9.78 Å². The molecule has 0 saturated heterocycles. The van der Waals surface area contributed by atoms with E-state index in [0.29, 0.717) is 4.90 Å². The number of nitrogens with two attached hydrogens (primary N) is 1. The van der Waals surface area contributed by atoms with Gasteiger partial charge in [-0.15, -0.1) is 0 Å². The second kappa shape index (κ2) is 4.97. The van der Waals surface area contributed by atoms with Crippen molar-refractivity contribution in [1.29, 1.82) is 0 Å². The van der Waals surface area contributed by atoms with Gasteiger partial charge in [0.2, 0.25) is 0 Å². The van der Waals surface area contributed by atoms with Crippen molar-refractivity contribution in [1.82, 2.24) is 4.98 Å². The van der Waals surface area contributed by atoms with E-state index in [0.717, 1.165) is 22.9 Å². The Morgan fingerprint density at radius 3 is 2.59 bits per heavy atom. The number of thioether (sulfide) groups is 1. The molecule has 1 aromatic heterocycles. The fraction of sp³-hybridized carbons (Fsp3) is 0. The van der Waals surface area contributed by atoms with Gasteiger partial charge >= 0.3 is 0 Å². The number of carbonyl (C=O) groups is 1. The summed E-state index contributed by atoms with van der Waals surface area (Å²) in [6, 6.07) is 7.80. The fourth-order valence-corrected chi connectivity index (χ4v) is 2.06. The molecule has 0 aliphatic rings. The molecule has 2 aromatic rings. The van der Waals surface area contributed by atoms with Gasteiger partial charge in [0.15, 0.2) is 0 Å². The first-order valence-corrected chi connectivity index (χ1v) is 5.65. The molecule has 0 aliphatic heterocycles. The van der Waals surface area contributed by atoms with Crippen molar-refractivity contribution in [3.05, 3.63) is 48.5 Å². The number of hydrogen-bond donors (Lipinski definition) is 1. The Kier molecular flexibility index (Phi) is 3.39. The van der Waals surface area contributed by atoms with Gasteiger partial charge in [-0.1, -0.05) is 12.1 Å². The van der Waals surface area contributed by atoms with Gasteiger partial charge < -0.3 is 5.73 Å². The highest BCUT2D eigenvalue weighted by Crippen LogP contribution is 2.30. The van der Waals surface area contributed by atoms with Crippen LogP contribution in [0.15, 0.2) is 47.6 Å². The van der Waals surface area contributed by atoms with Crippen LogP contribution < -0.4 is 5.73 Å². The van der Waals surface area contributed by atoms with Crippen LogP contribution in [-0.2, 0) is 0 Å². The Morgan fingerprint density at radius 1 is 1.24 bits per heavy atom. The van der Waals surface area contributed by atoms with E-state index in [1.807, 2.05) is 0 Å². The van der Waals surface area contributed by atoms with Crippen molar-refractivity contribution in [2.24, 2.45) is 5.73 Å². The van der Waals surface area contributed by atoms with Gasteiger partial charge in [-0.2, -0.15) is 0 Å². The zero-order chi connectivity index (χ0) is 12.3. The zero-order valence-corrected chi connectivity index (χ0v) is 9.58. The first-order chi connectivity index (χ1) is 8.16. The van der Waals surface area contributed by atoms with E-state index >= 15 is 0 Å². The molecule has 0 spiro atoms. The Balaban J connectivity index is 2.44. The number of primary amides is 1. The quantitative estimate of drug-likeness (QED) is 0.831. The smallest absolute Gasteiger partial charge is 0.281 e. The van der Waals surface area contributed by atoms with Crippen LogP contribution in [-0.4, -0.2) is 10.2 Å². The predicted molar refractivity (Wildman–Crippen MR) is 65.1 cm³/mol. The highest BCUT2D eigenvalue weighted by Gasteiger charge is 2.08. The summed E-state index contributed by atoms with van der Waals surface area (Å²) < 4.78 is 12.8. The standard InChI is InChI=1S/C12H9FN2OS/c13-9-3-1-8(2-4-9)10-5-6-15-7-11(10)17-12(14)16/h1-7H,(H2,14,16). The molecule has 1 amide bonds. The van der Waals surface area contributed by atoms with E-state index in [1.165, 1.54) is 12.1 Å². The molecular formula is C12H9FN2OS. The minimum atomic E-state index is -0.499. The van der Waals surface area contributed by atoms with E-state index in [-0.39, 0.29) is 5.82 Å².